The molecule has 0 amide bonds. The molecule has 19 heavy (non-hydrogen) atoms. The molecule has 0 aliphatic carbocycles. The van der Waals surface area contributed by atoms with Crippen molar-refractivity contribution in [3.05, 3.63) is 28.8 Å². The smallest absolute Gasteiger partial charge is 0.446 e. The molecule has 0 aliphatic rings. The van der Waals surface area contributed by atoms with E-state index in [1.165, 1.54) is 12.1 Å². The van der Waals surface area contributed by atoms with Crippen LogP contribution >= 0.6 is 23.4 Å². The molecule has 1 aromatic rings. The zero-order valence-corrected chi connectivity index (χ0v) is 10.9. The van der Waals surface area contributed by atoms with Crippen LogP contribution in [0.4, 0.5) is 13.2 Å². The molecule has 1 N–H and O–H groups in total. The van der Waals surface area contributed by atoms with Crippen molar-refractivity contribution in [1.29, 1.82) is 5.26 Å². The Kier molecular flexibility index (Phi) is 5.09. The molecule has 0 atom stereocenters. The second-order valence-electron chi connectivity index (χ2n) is 3.44. The van der Waals surface area contributed by atoms with Gasteiger partial charge in [0.05, 0.1) is 18.1 Å². The number of halogens is 4. The first-order valence-corrected chi connectivity index (χ1v) is 6.22. The summed E-state index contributed by atoms with van der Waals surface area (Å²) in [5, 5.41) is 17.5. The van der Waals surface area contributed by atoms with E-state index in [-0.39, 0.29) is 27.5 Å². The topological polar surface area (TPSA) is 61.1 Å². The first-order valence-electron chi connectivity index (χ1n) is 4.87. The minimum atomic E-state index is -4.58. The molecule has 0 aliphatic heterocycles. The quantitative estimate of drug-likeness (QED) is 0.682. The third-order valence-corrected chi connectivity index (χ3v) is 3.37. The highest BCUT2D eigenvalue weighted by Gasteiger charge is 2.32. The number of nitrogens with zero attached hydrogens (tertiary/aromatic N) is 1. The highest BCUT2D eigenvalue weighted by atomic mass is 35.5. The molecule has 0 saturated carbocycles. The van der Waals surface area contributed by atoms with Crippen LogP contribution < -0.4 is 0 Å². The SMILES string of the molecule is N#Cc1ccc(CC(=O)O)c(SC(F)(F)F)c1CCl. The van der Waals surface area contributed by atoms with E-state index in [4.69, 9.17) is 22.0 Å². The Morgan fingerprint density at radius 2 is 2.11 bits per heavy atom. The fourth-order valence-corrected chi connectivity index (χ4v) is 2.62. The summed E-state index contributed by atoms with van der Waals surface area (Å²) in [6.45, 7) is 0. The maximum atomic E-state index is 12.5. The Morgan fingerprint density at radius 1 is 1.47 bits per heavy atom. The maximum Gasteiger partial charge on any atom is 0.446 e. The van der Waals surface area contributed by atoms with Crippen molar-refractivity contribution in [1.82, 2.24) is 0 Å². The monoisotopic (exact) mass is 309 g/mol. The molecule has 8 heteroatoms. The highest BCUT2D eigenvalue weighted by Crippen LogP contribution is 2.42. The van der Waals surface area contributed by atoms with Gasteiger partial charge in [-0.25, -0.2) is 0 Å². The van der Waals surface area contributed by atoms with E-state index in [1.807, 2.05) is 0 Å². The lowest BCUT2D eigenvalue weighted by atomic mass is 10.0. The van der Waals surface area contributed by atoms with Crippen LogP contribution in [-0.2, 0) is 17.1 Å². The third-order valence-electron chi connectivity index (χ3n) is 2.16. The van der Waals surface area contributed by atoms with E-state index in [2.05, 4.69) is 0 Å². The number of thioether (sulfide) groups is 1. The molecule has 1 aromatic carbocycles. The lowest BCUT2D eigenvalue weighted by Gasteiger charge is -2.14. The van der Waals surface area contributed by atoms with Crippen LogP contribution in [0.2, 0.25) is 0 Å². The van der Waals surface area contributed by atoms with Crippen molar-refractivity contribution in [2.75, 3.05) is 0 Å². The van der Waals surface area contributed by atoms with Crippen molar-refractivity contribution in [3.8, 4) is 6.07 Å². The van der Waals surface area contributed by atoms with Gasteiger partial charge in [0.25, 0.3) is 0 Å². The van der Waals surface area contributed by atoms with Crippen LogP contribution in [-0.4, -0.2) is 16.6 Å². The number of hydrogen-bond acceptors (Lipinski definition) is 3. The maximum absolute atomic E-state index is 12.5. The van der Waals surface area contributed by atoms with E-state index in [9.17, 15) is 18.0 Å². The van der Waals surface area contributed by atoms with Crippen molar-refractivity contribution < 1.29 is 23.1 Å². The number of nitriles is 1. The van der Waals surface area contributed by atoms with E-state index in [1.54, 1.807) is 6.07 Å². The number of hydrogen-bond donors (Lipinski definition) is 1. The highest BCUT2D eigenvalue weighted by molar-refractivity contribution is 8.00. The minimum Gasteiger partial charge on any atom is -0.481 e. The third kappa shape index (κ3) is 4.33. The normalized spacial score (nSPS) is 11.1. The number of carboxylic acids is 1. The molecule has 3 nitrogen and oxygen atoms in total. The largest absolute Gasteiger partial charge is 0.481 e. The number of benzene rings is 1. The van der Waals surface area contributed by atoms with Crippen LogP contribution in [0.1, 0.15) is 16.7 Å². The second-order valence-corrected chi connectivity index (χ2v) is 4.79. The summed E-state index contributed by atoms with van der Waals surface area (Å²) in [5.41, 5.74) is -4.58. The van der Waals surface area contributed by atoms with E-state index in [0.717, 1.165) is 0 Å². The van der Waals surface area contributed by atoms with Gasteiger partial charge >= 0.3 is 11.5 Å². The number of rotatable bonds is 4. The first-order chi connectivity index (χ1) is 8.78. The summed E-state index contributed by atoms with van der Waals surface area (Å²) in [6, 6.07) is 4.22. The molecule has 0 fully saturated rings. The zero-order chi connectivity index (χ0) is 14.6. The van der Waals surface area contributed by atoms with Gasteiger partial charge in [0, 0.05) is 10.8 Å². The van der Waals surface area contributed by atoms with Crippen molar-refractivity contribution in [2.24, 2.45) is 0 Å². The predicted octanol–water partition coefficient (Wildman–Crippen LogP) is 3.54. The van der Waals surface area contributed by atoms with Gasteiger partial charge < -0.3 is 5.11 Å². The lowest BCUT2D eigenvalue weighted by Crippen LogP contribution is -2.08. The van der Waals surface area contributed by atoms with Crippen LogP contribution in [0.15, 0.2) is 17.0 Å². The Hall–Kier alpha value is -1.39. The Morgan fingerprint density at radius 3 is 2.53 bits per heavy atom. The van der Waals surface area contributed by atoms with Gasteiger partial charge in [-0.2, -0.15) is 18.4 Å². The summed E-state index contributed by atoms with van der Waals surface area (Å²) in [7, 11) is 0. The number of carbonyl (C=O) groups is 1. The van der Waals surface area contributed by atoms with Gasteiger partial charge in [-0.1, -0.05) is 6.07 Å². The molecule has 0 saturated heterocycles. The lowest BCUT2D eigenvalue weighted by molar-refractivity contribution is -0.136. The molecule has 102 valence electrons. The summed E-state index contributed by atoms with van der Waals surface area (Å²) in [5.74, 6) is -1.55. The summed E-state index contributed by atoms with van der Waals surface area (Å²) >= 11 is 5.13. The van der Waals surface area contributed by atoms with Gasteiger partial charge in [0.2, 0.25) is 0 Å². The molecule has 0 bridgehead atoms. The van der Waals surface area contributed by atoms with Crippen LogP contribution in [0.3, 0.4) is 0 Å². The van der Waals surface area contributed by atoms with Crippen molar-refractivity contribution in [2.45, 2.75) is 22.7 Å². The van der Waals surface area contributed by atoms with Gasteiger partial charge in [-0.15, -0.1) is 11.6 Å². The van der Waals surface area contributed by atoms with E-state index >= 15 is 0 Å². The zero-order valence-electron chi connectivity index (χ0n) is 9.29. The Balaban J connectivity index is 3.40. The van der Waals surface area contributed by atoms with Gasteiger partial charge in [0.1, 0.15) is 0 Å². The Bertz CT molecular complexity index is 540. The van der Waals surface area contributed by atoms with E-state index in [0.29, 0.717) is 0 Å². The number of aliphatic carboxylic acids is 1. The fraction of sp³-hybridized carbons (Fsp3) is 0.273. The van der Waals surface area contributed by atoms with Crippen LogP contribution in [0.5, 0.6) is 0 Å². The van der Waals surface area contributed by atoms with Gasteiger partial charge in [-0.3, -0.25) is 4.79 Å². The standard InChI is InChI=1S/C11H7ClF3NO2S/c12-4-8-7(5-16)2-1-6(3-9(17)18)10(8)19-11(13,14)15/h1-2H,3-4H2,(H,17,18). The molecule has 0 spiro atoms. The first kappa shape index (κ1) is 15.7. The predicted molar refractivity (Wildman–Crippen MR) is 64.0 cm³/mol. The van der Waals surface area contributed by atoms with Crippen LogP contribution in [0, 0.1) is 11.3 Å². The summed E-state index contributed by atoms with van der Waals surface area (Å²) < 4.78 is 37.5. The molecule has 0 heterocycles. The summed E-state index contributed by atoms with van der Waals surface area (Å²) in [4.78, 5) is 10.4. The number of alkyl halides is 4. The van der Waals surface area contributed by atoms with Gasteiger partial charge in [0.15, 0.2) is 0 Å². The van der Waals surface area contributed by atoms with Crippen LogP contribution in [0.25, 0.3) is 0 Å². The molecular formula is C11H7ClF3NO2S. The second kappa shape index (κ2) is 6.17. The fourth-order valence-electron chi connectivity index (χ4n) is 1.46. The molecule has 0 unspecified atom stereocenters. The molecule has 0 radical (unpaired) electrons. The molecular weight excluding hydrogens is 303 g/mol. The molecule has 1 rings (SSSR count). The average Bonchev–Trinajstić information content (AvgIpc) is 2.28. The summed E-state index contributed by atoms with van der Waals surface area (Å²) in [6.07, 6.45) is -0.561. The van der Waals surface area contributed by atoms with Crippen molar-refractivity contribution >= 4 is 29.3 Å². The van der Waals surface area contributed by atoms with Crippen molar-refractivity contribution in [3.63, 3.8) is 0 Å². The van der Waals surface area contributed by atoms with E-state index < -0.39 is 29.7 Å². The Labute approximate surface area is 116 Å². The minimum absolute atomic E-state index is 0.00485. The number of carboxylic acid groups (broad SMARTS) is 1. The van der Waals surface area contributed by atoms with Gasteiger partial charge in [-0.05, 0) is 29.0 Å². The molecule has 0 aromatic heterocycles. The average molecular weight is 310 g/mol.